The Balaban J connectivity index is 1.51. The summed E-state index contributed by atoms with van der Waals surface area (Å²) in [6.07, 6.45) is 0.0736. The summed E-state index contributed by atoms with van der Waals surface area (Å²) in [7, 11) is 3.02. The van der Waals surface area contributed by atoms with E-state index in [2.05, 4.69) is 15.2 Å². The molecule has 3 N–H and O–H groups in total. The second-order valence-corrected chi connectivity index (χ2v) is 8.02. The first kappa shape index (κ1) is 22.3. The van der Waals surface area contributed by atoms with Crippen molar-refractivity contribution in [1.29, 1.82) is 0 Å². The van der Waals surface area contributed by atoms with E-state index in [4.69, 9.17) is 14.2 Å². The third kappa shape index (κ3) is 4.50. The number of benzene rings is 1. The van der Waals surface area contributed by atoms with Gasteiger partial charge in [-0.05, 0) is 36.2 Å². The van der Waals surface area contributed by atoms with Gasteiger partial charge in [0.2, 0.25) is 0 Å². The van der Waals surface area contributed by atoms with E-state index in [1.807, 2.05) is 12.1 Å². The number of aliphatic hydroxyl groups is 2. The molecule has 1 aromatic heterocycles. The standard InChI is InChI=1S/C23H29N3O6/c1-30-18-5-3-14(11-19(18)31-2)23(29)25-21-16(12-17(27)22(21)28)15-4-6-20(24-13-15)26-7-9-32-10-8-26/h3-6,11,13,16-17,21-22,27-28H,7-10,12H2,1-2H3,(H,25,29)/t16-,17-,21-,22-/m1/s1. The molecule has 9 heteroatoms. The number of morpholine rings is 1. The number of aromatic nitrogens is 1. The fraction of sp³-hybridized carbons (Fsp3) is 0.478. The fourth-order valence-electron chi connectivity index (χ4n) is 4.36. The highest BCUT2D eigenvalue weighted by Gasteiger charge is 2.43. The van der Waals surface area contributed by atoms with Crippen molar-refractivity contribution in [3.63, 3.8) is 0 Å². The zero-order valence-electron chi connectivity index (χ0n) is 18.2. The molecule has 4 rings (SSSR count). The molecule has 2 aliphatic rings. The zero-order chi connectivity index (χ0) is 22.7. The molecule has 172 valence electrons. The number of carbonyl (C=O) groups excluding carboxylic acids is 1. The van der Waals surface area contributed by atoms with Crippen molar-refractivity contribution in [3.05, 3.63) is 47.7 Å². The molecule has 32 heavy (non-hydrogen) atoms. The van der Waals surface area contributed by atoms with E-state index in [9.17, 15) is 15.0 Å². The van der Waals surface area contributed by atoms with Gasteiger partial charge in [-0.3, -0.25) is 4.79 Å². The normalized spacial score (nSPS) is 25.4. The Hall–Kier alpha value is -2.88. The lowest BCUT2D eigenvalue weighted by atomic mass is 9.94. The Morgan fingerprint density at radius 2 is 1.88 bits per heavy atom. The Labute approximate surface area is 186 Å². The smallest absolute Gasteiger partial charge is 0.251 e. The van der Waals surface area contributed by atoms with Gasteiger partial charge in [-0.15, -0.1) is 0 Å². The SMILES string of the molecule is COc1ccc(C(=O)N[C@H]2[C@H](O)[C@H](O)C[C@@H]2c2ccc(N3CCOCC3)nc2)cc1OC. The van der Waals surface area contributed by atoms with Crippen LogP contribution in [-0.2, 0) is 4.74 Å². The first-order valence-corrected chi connectivity index (χ1v) is 10.7. The van der Waals surface area contributed by atoms with Crippen LogP contribution in [0, 0.1) is 0 Å². The summed E-state index contributed by atoms with van der Waals surface area (Å²) < 4.78 is 15.9. The van der Waals surface area contributed by atoms with Crippen molar-refractivity contribution in [2.75, 3.05) is 45.4 Å². The van der Waals surface area contributed by atoms with Crippen LogP contribution in [0.15, 0.2) is 36.5 Å². The molecule has 2 heterocycles. The van der Waals surface area contributed by atoms with Gasteiger partial charge in [-0.1, -0.05) is 6.07 Å². The van der Waals surface area contributed by atoms with Crippen LogP contribution in [0.1, 0.15) is 28.3 Å². The molecule has 1 saturated carbocycles. The van der Waals surface area contributed by atoms with E-state index < -0.39 is 18.2 Å². The number of carbonyl (C=O) groups is 1. The van der Waals surface area contributed by atoms with Crippen LogP contribution >= 0.6 is 0 Å². The Bertz CT molecular complexity index is 932. The Morgan fingerprint density at radius 3 is 2.53 bits per heavy atom. The number of nitrogens with one attached hydrogen (secondary N) is 1. The van der Waals surface area contributed by atoms with Gasteiger partial charge < -0.3 is 34.6 Å². The summed E-state index contributed by atoms with van der Waals surface area (Å²) in [6.45, 7) is 2.93. The number of hydrogen-bond donors (Lipinski definition) is 3. The van der Waals surface area contributed by atoms with E-state index in [1.54, 1.807) is 24.4 Å². The predicted octanol–water partition coefficient (Wildman–Crippen LogP) is 0.943. The second kappa shape index (κ2) is 9.72. The van der Waals surface area contributed by atoms with Gasteiger partial charge in [0.25, 0.3) is 5.91 Å². The van der Waals surface area contributed by atoms with Crippen LogP contribution < -0.4 is 19.7 Å². The van der Waals surface area contributed by atoms with Gasteiger partial charge >= 0.3 is 0 Å². The third-order valence-corrected chi connectivity index (χ3v) is 6.17. The highest BCUT2D eigenvalue weighted by atomic mass is 16.5. The van der Waals surface area contributed by atoms with Crippen molar-refractivity contribution >= 4 is 11.7 Å². The van der Waals surface area contributed by atoms with Crippen molar-refractivity contribution in [3.8, 4) is 11.5 Å². The van der Waals surface area contributed by atoms with Gasteiger partial charge in [-0.25, -0.2) is 4.98 Å². The first-order valence-electron chi connectivity index (χ1n) is 10.7. The topological polar surface area (TPSA) is 113 Å². The molecule has 4 atom stereocenters. The lowest BCUT2D eigenvalue weighted by Gasteiger charge is -2.28. The maximum absolute atomic E-state index is 12.9. The molecule has 2 aromatic rings. The zero-order valence-corrected chi connectivity index (χ0v) is 18.2. The fourth-order valence-corrected chi connectivity index (χ4v) is 4.36. The maximum Gasteiger partial charge on any atom is 0.251 e. The molecule has 9 nitrogen and oxygen atoms in total. The minimum absolute atomic E-state index is 0.268. The predicted molar refractivity (Wildman–Crippen MR) is 117 cm³/mol. The van der Waals surface area contributed by atoms with Crippen LogP contribution in [0.5, 0.6) is 11.5 Å². The van der Waals surface area contributed by atoms with E-state index in [0.717, 1.165) is 24.5 Å². The van der Waals surface area contributed by atoms with Crippen molar-refractivity contribution < 1.29 is 29.2 Å². The van der Waals surface area contributed by atoms with E-state index in [1.165, 1.54) is 14.2 Å². The van der Waals surface area contributed by atoms with Crippen LogP contribution in [-0.4, -0.2) is 79.9 Å². The monoisotopic (exact) mass is 443 g/mol. The molecule has 1 aromatic carbocycles. The van der Waals surface area contributed by atoms with Crippen LogP contribution in [0.25, 0.3) is 0 Å². The molecule has 0 unspecified atom stereocenters. The summed E-state index contributed by atoms with van der Waals surface area (Å²) in [5.41, 5.74) is 1.23. The average Bonchev–Trinajstić information content (AvgIpc) is 3.12. The Kier molecular flexibility index (Phi) is 6.78. The van der Waals surface area contributed by atoms with Crippen LogP contribution in [0.3, 0.4) is 0 Å². The number of amides is 1. The molecule has 0 bridgehead atoms. The van der Waals surface area contributed by atoms with Crippen LogP contribution in [0.2, 0.25) is 0 Å². The van der Waals surface area contributed by atoms with E-state index >= 15 is 0 Å². The second-order valence-electron chi connectivity index (χ2n) is 8.02. The van der Waals surface area contributed by atoms with E-state index in [-0.39, 0.29) is 11.8 Å². The number of rotatable bonds is 6. The van der Waals surface area contributed by atoms with E-state index in [0.29, 0.717) is 36.7 Å². The minimum atomic E-state index is -1.08. The molecular formula is C23H29N3O6. The quantitative estimate of drug-likeness (QED) is 0.605. The summed E-state index contributed by atoms with van der Waals surface area (Å²) in [6, 6.07) is 8.09. The number of aliphatic hydroxyl groups excluding tert-OH is 2. The van der Waals surface area contributed by atoms with Gasteiger partial charge in [0, 0.05) is 30.8 Å². The number of methoxy groups -OCH3 is 2. The van der Waals surface area contributed by atoms with Gasteiger partial charge in [-0.2, -0.15) is 0 Å². The number of pyridine rings is 1. The molecule has 1 saturated heterocycles. The summed E-state index contributed by atoms with van der Waals surface area (Å²) in [5.74, 6) is 1.18. The van der Waals surface area contributed by atoms with Gasteiger partial charge in [0.1, 0.15) is 11.9 Å². The number of nitrogens with zero attached hydrogens (tertiary/aromatic N) is 2. The average molecular weight is 444 g/mol. The lowest BCUT2D eigenvalue weighted by molar-refractivity contribution is 0.0294. The molecule has 1 amide bonds. The highest BCUT2D eigenvalue weighted by Crippen LogP contribution is 2.36. The Morgan fingerprint density at radius 1 is 1.12 bits per heavy atom. The molecule has 1 aliphatic heterocycles. The number of hydrogen-bond acceptors (Lipinski definition) is 8. The molecule has 0 spiro atoms. The van der Waals surface area contributed by atoms with Gasteiger partial charge in [0.05, 0.1) is 39.6 Å². The molecular weight excluding hydrogens is 414 g/mol. The maximum atomic E-state index is 12.9. The lowest BCUT2D eigenvalue weighted by Crippen LogP contribution is -2.45. The molecule has 2 fully saturated rings. The number of anilines is 1. The molecule has 1 aliphatic carbocycles. The van der Waals surface area contributed by atoms with Crippen molar-refractivity contribution in [2.45, 2.75) is 30.6 Å². The summed E-state index contributed by atoms with van der Waals surface area (Å²) >= 11 is 0. The third-order valence-electron chi connectivity index (χ3n) is 6.17. The first-order chi connectivity index (χ1) is 15.5. The van der Waals surface area contributed by atoms with Crippen molar-refractivity contribution in [1.82, 2.24) is 10.3 Å². The number of ether oxygens (including phenoxy) is 3. The molecule has 0 radical (unpaired) electrons. The highest BCUT2D eigenvalue weighted by molar-refractivity contribution is 5.95. The summed E-state index contributed by atoms with van der Waals surface area (Å²) in [5, 5.41) is 23.8. The summed E-state index contributed by atoms with van der Waals surface area (Å²) in [4.78, 5) is 19.7. The van der Waals surface area contributed by atoms with Gasteiger partial charge in [0.15, 0.2) is 11.5 Å². The largest absolute Gasteiger partial charge is 0.493 e. The minimum Gasteiger partial charge on any atom is -0.493 e. The van der Waals surface area contributed by atoms with Crippen molar-refractivity contribution in [2.24, 2.45) is 0 Å². The van der Waals surface area contributed by atoms with Crippen LogP contribution in [0.4, 0.5) is 5.82 Å².